The van der Waals surface area contributed by atoms with Crippen molar-refractivity contribution >= 4 is 16.0 Å². The minimum absolute atomic E-state index is 0.294. The van der Waals surface area contributed by atoms with Crippen molar-refractivity contribution in [3.63, 3.8) is 0 Å². The van der Waals surface area contributed by atoms with Crippen LogP contribution < -0.4 is 10.6 Å². The van der Waals surface area contributed by atoms with E-state index >= 15 is 0 Å². The molecule has 29 heavy (non-hydrogen) atoms. The van der Waals surface area contributed by atoms with Crippen LogP contribution in [0.3, 0.4) is 0 Å². The summed E-state index contributed by atoms with van der Waals surface area (Å²) < 4.78 is 26.3. The van der Waals surface area contributed by atoms with Gasteiger partial charge in [0.15, 0.2) is 5.96 Å². The molecular formula is C21H39N5O2S. The van der Waals surface area contributed by atoms with Gasteiger partial charge in [-0.3, -0.25) is 4.90 Å². The average Bonchev–Trinajstić information content (AvgIpc) is 2.65. The Hall–Kier alpha value is -1.64. The van der Waals surface area contributed by atoms with Gasteiger partial charge in [0.2, 0.25) is 10.0 Å². The van der Waals surface area contributed by atoms with Gasteiger partial charge in [0, 0.05) is 45.8 Å². The Morgan fingerprint density at radius 2 is 1.69 bits per heavy atom. The monoisotopic (exact) mass is 425 g/mol. The van der Waals surface area contributed by atoms with Crippen LogP contribution in [0.4, 0.5) is 0 Å². The molecule has 0 fully saturated rings. The summed E-state index contributed by atoms with van der Waals surface area (Å²) in [6.45, 7) is 13.8. The van der Waals surface area contributed by atoms with Crippen molar-refractivity contribution in [1.29, 1.82) is 0 Å². The van der Waals surface area contributed by atoms with Crippen molar-refractivity contribution in [3.8, 4) is 0 Å². The zero-order chi connectivity index (χ0) is 22.0. The number of hydrogen-bond donors (Lipinski definition) is 2. The quantitative estimate of drug-likeness (QED) is 0.324. The molecule has 1 aromatic carbocycles. The number of aliphatic imine (C=N–C) groups is 1. The highest BCUT2D eigenvalue weighted by Gasteiger charge is 2.20. The first-order valence-corrected chi connectivity index (χ1v) is 11.8. The molecule has 0 heterocycles. The molecule has 8 heteroatoms. The number of nitrogens with one attached hydrogen (secondary N) is 2. The predicted molar refractivity (Wildman–Crippen MR) is 122 cm³/mol. The van der Waals surface area contributed by atoms with E-state index < -0.39 is 10.0 Å². The maximum absolute atomic E-state index is 12.5. The molecule has 0 aliphatic rings. The summed E-state index contributed by atoms with van der Waals surface area (Å²) in [6, 6.07) is 8.06. The van der Waals surface area contributed by atoms with E-state index in [1.165, 1.54) is 4.31 Å². The normalized spacial score (nSPS) is 13.0. The highest BCUT2D eigenvalue weighted by molar-refractivity contribution is 7.89. The molecule has 166 valence electrons. The highest BCUT2D eigenvalue weighted by Crippen LogP contribution is 2.19. The molecule has 1 rings (SSSR count). The molecule has 0 unspecified atom stereocenters. The van der Waals surface area contributed by atoms with E-state index in [0.717, 1.165) is 26.1 Å². The van der Waals surface area contributed by atoms with Gasteiger partial charge in [-0.2, -0.15) is 0 Å². The Morgan fingerprint density at radius 1 is 1.07 bits per heavy atom. The van der Waals surface area contributed by atoms with Crippen LogP contribution in [0.25, 0.3) is 0 Å². The Balaban J connectivity index is 2.79. The highest BCUT2D eigenvalue weighted by atomic mass is 32.2. The second-order valence-corrected chi connectivity index (χ2v) is 9.92. The molecule has 0 spiro atoms. The molecule has 0 aliphatic heterocycles. The lowest BCUT2D eigenvalue weighted by Crippen LogP contribution is -2.41. The van der Waals surface area contributed by atoms with Crippen LogP contribution >= 0.6 is 0 Å². The molecule has 0 radical (unpaired) electrons. The van der Waals surface area contributed by atoms with E-state index in [1.54, 1.807) is 26.2 Å². The number of rotatable bonds is 11. The lowest BCUT2D eigenvalue weighted by atomic mass is 10.2. The third kappa shape index (κ3) is 7.95. The third-order valence-corrected chi connectivity index (χ3v) is 6.61. The molecule has 0 aromatic heterocycles. The summed E-state index contributed by atoms with van der Waals surface area (Å²) in [5.41, 5.74) is 0.684. The maximum Gasteiger partial charge on any atom is 0.242 e. The molecule has 0 aliphatic carbocycles. The fourth-order valence-electron chi connectivity index (χ4n) is 3.17. The van der Waals surface area contributed by atoms with E-state index in [0.29, 0.717) is 35.0 Å². The van der Waals surface area contributed by atoms with Crippen molar-refractivity contribution in [1.82, 2.24) is 19.8 Å². The van der Waals surface area contributed by atoms with Crippen LogP contribution in [-0.2, 0) is 16.6 Å². The Kier molecular flexibility index (Phi) is 10.6. The van der Waals surface area contributed by atoms with Crippen molar-refractivity contribution in [2.75, 3.05) is 33.7 Å². The van der Waals surface area contributed by atoms with E-state index in [4.69, 9.17) is 0 Å². The van der Waals surface area contributed by atoms with Crippen LogP contribution in [-0.4, -0.2) is 69.4 Å². The van der Waals surface area contributed by atoms with Crippen LogP contribution in [0.5, 0.6) is 0 Å². The molecule has 0 bridgehead atoms. The number of nitrogens with zero attached hydrogens (tertiary/aromatic N) is 3. The van der Waals surface area contributed by atoms with Gasteiger partial charge in [0.25, 0.3) is 0 Å². The van der Waals surface area contributed by atoms with Crippen LogP contribution in [0.1, 0.15) is 46.6 Å². The molecule has 0 saturated heterocycles. The molecule has 1 aromatic rings. The van der Waals surface area contributed by atoms with Gasteiger partial charge in [-0.05, 0) is 52.7 Å². The van der Waals surface area contributed by atoms with Crippen LogP contribution in [0.15, 0.2) is 34.2 Å². The average molecular weight is 426 g/mol. The summed E-state index contributed by atoms with van der Waals surface area (Å²) in [6.07, 6.45) is 1.01. The molecule has 0 atom stereocenters. The Bertz CT molecular complexity index is 737. The smallest absolute Gasteiger partial charge is 0.242 e. The lowest BCUT2D eigenvalue weighted by Gasteiger charge is -2.30. The molecular weight excluding hydrogens is 386 g/mol. The zero-order valence-corrected chi connectivity index (χ0v) is 19.9. The predicted octanol–water partition coefficient (Wildman–Crippen LogP) is 2.50. The standard InChI is InChI=1S/C21H39N5O2S/c1-8-22-21(23-14-11-15-26(17(2)3)18(4)5)24-16-19-12-9-10-13-20(19)29(27,28)25(6)7/h9-10,12-13,17-18H,8,11,14-16H2,1-7H3,(H2,22,23,24). The molecule has 2 N–H and O–H groups in total. The second-order valence-electron chi connectivity index (χ2n) is 7.80. The van der Waals surface area contributed by atoms with Crippen molar-refractivity contribution in [3.05, 3.63) is 29.8 Å². The fraction of sp³-hybridized carbons (Fsp3) is 0.667. The first-order valence-electron chi connectivity index (χ1n) is 10.4. The van der Waals surface area contributed by atoms with E-state index in [2.05, 4.69) is 48.2 Å². The number of sulfonamides is 1. The van der Waals surface area contributed by atoms with Gasteiger partial charge in [-0.25, -0.2) is 17.7 Å². The first kappa shape index (κ1) is 25.4. The van der Waals surface area contributed by atoms with Crippen molar-refractivity contribution in [2.45, 2.75) is 64.6 Å². The number of hydrogen-bond acceptors (Lipinski definition) is 4. The van der Waals surface area contributed by atoms with E-state index in [-0.39, 0.29) is 0 Å². The molecule has 0 amide bonds. The number of guanidine groups is 1. The largest absolute Gasteiger partial charge is 0.357 e. The summed E-state index contributed by atoms with van der Waals surface area (Å²) in [5.74, 6) is 0.699. The minimum atomic E-state index is -3.50. The molecule has 0 saturated carbocycles. The van der Waals surface area contributed by atoms with E-state index in [1.807, 2.05) is 19.1 Å². The van der Waals surface area contributed by atoms with E-state index in [9.17, 15) is 8.42 Å². The Morgan fingerprint density at radius 3 is 2.24 bits per heavy atom. The summed E-state index contributed by atoms with van der Waals surface area (Å²) in [5, 5.41) is 6.59. The zero-order valence-electron chi connectivity index (χ0n) is 19.1. The van der Waals surface area contributed by atoms with Gasteiger partial charge >= 0.3 is 0 Å². The van der Waals surface area contributed by atoms with Crippen LogP contribution in [0.2, 0.25) is 0 Å². The van der Waals surface area contributed by atoms with Crippen LogP contribution in [0, 0.1) is 0 Å². The minimum Gasteiger partial charge on any atom is -0.357 e. The Labute approximate surface area is 177 Å². The van der Waals surface area contributed by atoms with Crippen molar-refractivity contribution in [2.24, 2.45) is 4.99 Å². The fourth-order valence-corrected chi connectivity index (χ4v) is 4.28. The van der Waals surface area contributed by atoms with Gasteiger partial charge in [-0.15, -0.1) is 0 Å². The summed E-state index contributed by atoms with van der Waals surface area (Å²) in [7, 11) is -0.416. The summed E-state index contributed by atoms with van der Waals surface area (Å²) in [4.78, 5) is 7.37. The second kappa shape index (κ2) is 12.1. The SMILES string of the molecule is CCNC(=NCc1ccccc1S(=O)(=O)N(C)C)NCCCN(C(C)C)C(C)C. The van der Waals surface area contributed by atoms with Gasteiger partial charge in [0.05, 0.1) is 11.4 Å². The third-order valence-electron chi connectivity index (χ3n) is 4.70. The maximum atomic E-state index is 12.5. The first-order chi connectivity index (χ1) is 13.6. The molecule has 7 nitrogen and oxygen atoms in total. The van der Waals surface area contributed by atoms with Crippen molar-refractivity contribution < 1.29 is 8.42 Å². The lowest BCUT2D eigenvalue weighted by molar-refractivity contribution is 0.173. The number of benzene rings is 1. The van der Waals surface area contributed by atoms with Gasteiger partial charge in [-0.1, -0.05) is 18.2 Å². The summed E-state index contributed by atoms with van der Waals surface area (Å²) >= 11 is 0. The van der Waals surface area contributed by atoms with Gasteiger partial charge in [0.1, 0.15) is 0 Å². The van der Waals surface area contributed by atoms with Gasteiger partial charge < -0.3 is 10.6 Å². The topological polar surface area (TPSA) is 77.0 Å².